The Labute approximate surface area is 144 Å². The van der Waals surface area contributed by atoms with Crippen molar-refractivity contribution in [3.05, 3.63) is 58.9 Å². The zero-order valence-electron chi connectivity index (χ0n) is 12.6. The minimum Gasteiger partial charge on any atom is -0.494 e. The molecule has 0 radical (unpaired) electrons. The average Bonchev–Trinajstić information content (AvgIpc) is 2.51. The summed E-state index contributed by atoms with van der Waals surface area (Å²) in [6.07, 6.45) is 0. The molecule has 0 fully saturated rings. The Morgan fingerprint density at radius 3 is 2.83 bits per heavy atom. The summed E-state index contributed by atoms with van der Waals surface area (Å²) >= 11 is 7.26. The van der Waals surface area contributed by atoms with Crippen LogP contribution in [0.15, 0.2) is 42.5 Å². The van der Waals surface area contributed by atoms with Crippen molar-refractivity contribution in [1.29, 1.82) is 0 Å². The lowest BCUT2D eigenvalue weighted by molar-refractivity contribution is -0.113. The van der Waals surface area contributed by atoms with Crippen molar-refractivity contribution >= 4 is 35.0 Å². The number of halogens is 2. The fourth-order valence-corrected chi connectivity index (χ4v) is 3.11. The molecule has 0 heterocycles. The van der Waals surface area contributed by atoms with E-state index < -0.39 is 0 Å². The van der Waals surface area contributed by atoms with E-state index in [9.17, 15) is 9.18 Å². The fourth-order valence-electron chi connectivity index (χ4n) is 1.94. The van der Waals surface area contributed by atoms with Crippen molar-refractivity contribution in [2.24, 2.45) is 0 Å². The van der Waals surface area contributed by atoms with E-state index in [-0.39, 0.29) is 17.5 Å². The molecule has 2 aromatic rings. The molecule has 0 saturated heterocycles. The van der Waals surface area contributed by atoms with Crippen LogP contribution in [0.4, 0.5) is 10.1 Å². The van der Waals surface area contributed by atoms with Gasteiger partial charge in [-0.1, -0.05) is 23.7 Å². The van der Waals surface area contributed by atoms with E-state index in [0.717, 1.165) is 0 Å². The first-order valence-corrected chi connectivity index (χ1v) is 8.66. The first-order chi connectivity index (χ1) is 11.1. The lowest BCUT2D eigenvalue weighted by atomic mass is 10.2. The van der Waals surface area contributed by atoms with Crippen molar-refractivity contribution in [2.45, 2.75) is 12.7 Å². The predicted octanol–water partition coefficient (Wildman–Crippen LogP) is 4.75. The molecule has 0 aliphatic carbocycles. The summed E-state index contributed by atoms with van der Waals surface area (Å²) in [5.74, 6) is 0.753. The Balaban J connectivity index is 1.85. The van der Waals surface area contributed by atoms with E-state index in [1.54, 1.807) is 24.3 Å². The highest BCUT2D eigenvalue weighted by Gasteiger charge is 2.09. The van der Waals surface area contributed by atoms with Crippen LogP contribution in [0.25, 0.3) is 0 Å². The van der Waals surface area contributed by atoms with Crippen LogP contribution in [-0.2, 0) is 10.5 Å². The first kappa shape index (κ1) is 17.6. The molecule has 2 aromatic carbocycles. The number of nitrogens with one attached hydrogen (secondary N) is 1. The highest BCUT2D eigenvalue weighted by Crippen LogP contribution is 2.24. The van der Waals surface area contributed by atoms with Crippen molar-refractivity contribution in [3.8, 4) is 5.75 Å². The maximum Gasteiger partial charge on any atom is 0.234 e. The summed E-state index contributed by atoms with van der Waals surface area (Å²) in [7, 11) is 0. The van der Waals surface area contributed by atoms with Gasteiger partial charge in [-0.3, -0.25) is 4.79 Å². The SMILES string of the molecule is CCOc1cccc(NC(=O)CSCc2c(F)cccc2Cl)c1. The summed E-state index contributed by atoms with van der Waals surface area (Å²) in [5, 5.41) is 3.17. The smallest absolute Gasteiger partial charge is 0.234 e. The van der Waals surface area contributed by atoms with E-state index in [1.807, 2.05) is 19.1 Å². The molecule has 3 nitrogen and oxygen atoms in total. The monoisotopic (exact) mass is 353 g/mol. The normalized spacial score (nSPS) is 10.4. The number of ether oxygens (including phenoxy) is 1. The molecule has 0 aromatic heterocycles. The van der Waals surface area contributed by atoms with Crippen LogP contribution in [0.1, 0.15) is 12.5 Å². The highest BCUT2D eigenvalue weighted by molar-refractivity contribution is 7.99. The Bertz CT molecular complexity index is 661. The summed E-state index contributed by atoms with van der Waals surface area (Å²) < 4.78 is 19.0. The third-order valence-corrected chi connectivity index (χ3v) is 4.28. The van der Waals surface area contributed by atoms with Crippen LogP contribution in [0.5, 0.6) is 5.75 Å². The Kier molecular flexibility index (Phi) is 6.74. The van der Waals surface area contributed by atoms with Crippen LogP contribution in [0.3, 0.4) is 0 Å². The molecule has 6 heteroatoms. The molecule has 2 rings (SSSR count). The molecule has 0 bridgehead atoms. The molecule has 0 aliphatic heterocycles. The van der Waals surface area contributed by atoms with E-state index in [1.165, 1.54) is 17.8 Å². The minimum absolute atomic E-state index is 0.156. The number of carbonyl (C=O) groups is 1. The minimum atomic E-state index is -0.352. The molecule has 0 aliphatic rings. The van der Waals surface area contributed by atoms with Crippen molar-refractivity contribution in [3.63, 3.8) is 0 Å². The van der Waals surface area contributed by atoms with E-state index in [4.69, 9.17) is 16.3 Å². The van der Waals surface area contributed by atoms with Gasteiger partial charge < -0.3 is 10.1 Å². The van der Waals surface area contributed by atoms with Crippen LogP contribution < -0.4 is 10.1 Å². The average molecular weight is 354 g/mol. The molecule has 0 saturated carbocycles. The van der Waals surface area contributed by atoms with Crippen LogP contribution >= 0.6 is 23.4 Å². The standard InChI is InChI=1S/C17H17ClFNO2S/c1-2-22-13-6-3-5-12(9-13)20-17(21)11-23-10-14-15(18)7-4-8-16(14)19/h3-9H,2,10-11H2,1H3,(H,20,21). The second-order valence-electron chi connectivity index (χ2n) is 4.70. The number of amides is 1. The number of anilines is 1. The molecule has 0 spiro atoms. The van der Waals surface area contributed by atoms with Gasteiger partial charge in [-0.05, 0) is 31.2 Å². The van der Waals surface area contributed by atoms with Gasteiger partial charge in [0.05, 0.1) is 12.4 Å². The molecular formula is C17H17ClFNO2S. The second-order valence-corrected chi connectivity index (χ2v) is 6.09. The van der Waals surface area contributed by atoms with Gasteiger partial charge in [0, 0.05) is 28.1 Å². The molecular weight excluding hydrogens is 337 g/mol. The number of hydrogen-bond donors (Lipinski definition) is 1. The zero-order chi connectivity index (χ0) is 16.7. The van der Waals surface area contributed by atoms with Gasteiger partial charge in [-0.15, -0.1) is 11.8 Å². The zero-order valence-corrected chi connectivity index (χ0v) is 14.2. The number of hydrogen-bond acceptors (Lipinski definition) is 3. The topological polar surface area (TPSA) is 38.3 Å². The van der Waals surface area contributed by atoms with Crippen molar-refractivity contribution in [2.75, 3.05) is 17.7 Å². The first-order valence-electron chi connectivity index (χ1n) is 7.13. The Morgan fingerprint density at radius 2 is 2.09 bits per heavy atom. The fraction of sp³-hybridized carbons (Fsp3) is 0.235. The molecule has 1 N–H and O–H groups in total. The van der Waals surface area contributed by atoms with Gasteiger partial charge in [0.15, 0.2) is 0 Å². The Hall–Kier alpha value is -1.72. The molecule has 1 amide bonds. The van der Waals surface area contributed by atoms with Crippen LogP contribution in [-0.4, -0.2) is 18.3 Å². The number of thioether (sulfide) groups is 1. The summed E-state index contributed by atoms with van der Waals surface area (Å²) in [5.41, 5.74) is 1.09. The van der Waals surface area contributed by atoms with Gasteiger partial charge in [-0.2, -0.15) is 0 Å². The van der Waals surface area contributed by atoms with Gasteiger partial charge in [0.1, 0.15) is 11.6 Å². The highest BCUT2D eigenvalue weighted by atomic mass is 35.5. The maximum absolute atomic E-state index is 13.6. The van der Waals surface area contributed by atoms with Crippen LogP contribution in [0, 0.1) is 5.82 Å². The van der Waals surface area contributed by atoms with Gasteiger partial charge in [0.25, 0.3) is 0 Å². The van der Waals surface area contributed by atoms with Gasteiger partial charge >= 0.3 is 0 Å². The quantitative estimate of drug-likeness (QED) is 0.780. The number of carbonyl (C=O) groups excluding carboxylic acids is 1. The predicted molar refractivity (Wildman–Crippen MR) is 93.8 cm³/mol. The number of rotatable bonds is 7. The lowest BCUT2D eigenvalue weighted by Gasteiger charge is -2.08. The molecule has 122 valence electrons. The summed E-state index contributed by atoms with van der Waals surface area (Å²) in [4.78, 5) is 11.9. The third kappa shape index (κ3) is 5.44. The lowest BCUT2D eigenvalue weighted by Crippen LogP contribution is -2.14. The van der Waals surface area contributed by atoms with Crippen molar-refractivity contribution < 1.29 is 13.9 Å². The Morgan fingerprint density at radius 1 is 1.30 bits per heavy atom. The number of benzene rings is 2. The van der Waals surface area contributed by atoms with E-state index in [0.29, 0.717) is 34.4 Å². The maximum atomic E-state index is 13.6. The van der Waals surface area contributed by atoms with Crippen molar-refractivity contribution in [1.82, 2.24) is 0 Å². The summed E-state index contributed by atoms with van der Waals surface area (Å²) in [6, 6.07) is 11.8. The summed E-state index contributed by atoms with van der Waals surface area (Å²) in [6.45, 7) is 2.46. The van der Waals surface area contributed by atoms with Gasteiger partial charge in [-0.25, -0.2) is 4.39 Å². The largest absolute Gasteiger partial charge is 0.494 e. The van der Waals surface area contributed by atoms with E-state index >= 15 is 0 Å². The van der Waals surface area contributed by atoms with E-state index in [2.05, 4.69) is 5.32 Å². The molecule has 23 heavy (non-hydrogen) atoms. The second kappa shape index (κ2) is 8.79. The third-order valence-electron chi connectivity index (χ3n) is 2.97. The molecule has 0 unspecified atom stereocenters. The molecule has 0 atom stereocenters. The van der Waals surface area contributed by atoms with Crippen LogP contribution in [0.2, 0.25) is 5.02 Å². The van der Waals surface area contributed by atoms with Gasteiger partial charge in [0.2, 0.25) is 5.91 Å².